The second-order valence-corrected chi connectivity index (χ2v) is 7.47. The molecule has 0 aliphatic carbocycles. The normalized spacial score (nSPS) is 17.9. The van der Waals surface area contributed by atoms with Crippen molar-refractivity contribution in [2.75, 3.05) is 19.6 Å². The van der Waals surface area contributed by atoms with Crippen LogP contribution in [0.15, 0.2) is 17.1 Å². The molecular weight excluding hydrogens is 306 g/mol. The molecule has 3 heteroatoms. The summed E-state index contributed by atoms with van der Waals surface area (Å²) in [6, 6.07) is 0. The molecule has 3 nitrogen and oxygen atoms in total. The van der Waals surface area contributed by atoms with Gasteiger partial charge < -0.3 is 5.73 Å². The van der Waals surface area contributed by atoms with E-state index in [2.05, 4.69) is 29.0 Å². The molecule has 0 radical (unpaired) electrons. The van der Waals surface area contributed by atoms with Gasteiger partial charge in [0, 0.05) is 25.8 Å². The lowest BCUT2D eigenvalue weighted by molar-refractivity contribution is 0.243. The summed E-state index contributed by atoms with van der Waals surface area (Å²) in [5.41, 5.74) is 5.65. The van der Waals surface area contributed by atoms with Gasteiger partial charge in [0.05, 0.1) is 0 Å². The van der Waals surface area contributed by atoms with E-state index in [9.17, 15) is 0 Å². The van der Waals surface area contributed by atoms with Crippen LogP contribution in [0.5, 0.6) is 0 Å². The van der Waals surface area contributed by atoms with Crippen LogP contribution in [-0.4, -0.2) is 36.9 Å². The van der Waals surface area contributed by atoms with Gasteiger partial charge in [-0.15, -0.1) is 0 Å². The lowest BCUT2D eigenvalue weighted by Crippen LogP contribution is -2.34. The van der Waals surface area contributed by atoms with Gasteiger partial charge in [-0.3, -0.25) is 9.89 Å². The molecule has 1 unspecified atom stereocenters. The average molecular weight is 350 g/mol. The minimum Gasteiger partial charge on any atom is -0.329 e. The van der Waals surface area contributed by atoms with E-state index in [1.165, 1.54) is 89.9 Å². The molecule has 1 heterocycles. The van der Waals surface area contributed by atoms with Crippen molar-refractivity contribution in [2.24, 2.45) is 10.7 Å². The third kappa shape index (κ3) is 12.3. The molecule has 25 heavy (non-hydrogen) atoms. The maximum absolute atomic E-state index is 5.65. The Kier molecular flexibility index (Phi) is 15.0. The molecule has 1 atom stereocenters. The fourth-order valence-electron chi connectivity index (χ4n) is 3.56. The molecule has 0 bridgehead atoms. The highest BCUT2D eigenvalue weighted by molar-refractivity contribution is 5.62. The van der Waals surface area contributed by atoms with Gasteiger partial charge in [0.1, 0.15) is 6.17 Å². The summed E-state index contributed by atoms with van der Waals surface area (Å²) in [7, 11) is 0. The van der Waals surface area contributed by atoms with Crippen molar-refractivity contribution in [1.82, 2.24) is 4.90 Å². The fourth-order valence-corrected chi connectivity index (χ4v) is 3.56. The van der Waals surface area contributed by atoms with Gasteiger partial charge in [0.15, 0.2) is 0 Å². The summed E-state index contributed by atoms with van der Waals surface area (Å²) in [4.78, 5) is 6.94. The van der Waals surface area contributed by atoms with Gasteiger partial charge in [-0.05, 0) is 32.1 Å². The van der Waals surface area contributed by atoms with Crippen molar-refractivity contribution in [3.63, 3.8) is 0 Å². The summed E-state index contributed by atoms with van der Waals surface area (Å²) >= 11 is 0. The molecule has 0 aromatic heterocycles. The first-order valence-electron chi connectivity index (χ1n) is 11.0. The zero-order valence-electron chi connectivity index (χ0n) is 16.8. The summed E-state index contributed by atoms with van der Waals surface area (Å²) < 4.78 is 0. The highest BCUT2D eigenvalue weighted by Crippen LogP contribution is 2.14. The van der Waals surface area contributed by atoms with Gasteiger partial charge in [-0.1, -0.05) is 76.9 Å². The van der Waals surface area contributed by atoms with E-state index in [1.54, 1.807) is 0 Å². The van der Waals surface area contributed by atoms with Crippen molar-refractivity contribution < 1.29 is 0 Å². The molecule has 0 aromatic carbocycles. The molecule has 2 N–H and O–H groups in total. The second-order valence-electron chi connectivity index (χ2n) is 7.47. The van der Waals surface area contributed by atoms with Gasteiger partial charge in [-0.2, -0.15) is 0 Å². The minimum atomic E-state index is 0.388. The molecule has 0 fully saturated rings. The Bertz CT molecular complexity index is 338. The van der Waals surface area contributed by atoms with Crippen LogP contribution in [0, 0.1) is 0 Å². The molecular formula is C22H43N3. The first kappa shape index (κ1) is 22.4. The Morgan fingerprint density at radius 1 is 0.920 bits per heavy atom. The number of allylic oxidation sites excluding steroid dienone is 2. The molecule has 0 saturated heterocycles. The fraction of sp³-hybridized carbons (Fsp3) is 0.864. The van der Waals surface area contributed by atoms with Gasteiger partial charge >= 0.3 is 0 Å². The molecule has 1 aliphatic rings. The zero-order valence-corrected chi connectivity index (χ0v) is 16.8. The van der Waals surface area contributed by atoms with Crippen LogP contribution in [0.2, 0.25) is 0 Å². The lowest BCUT2D eigenvalue weighted by Gasteiger charge is -2.21. The highest BCUT2D eigenvalue weighted by atomic mass is 15.3. The Morgan fingerprint density at radius 3 is 2.16 bits per heavy atom. The number of hydrogen-bond acceptors (Lipinski definition) is 3. The number of unbranched alkanes of at least 4 members (excludes halogenated alkanes) is 11. The van der Waals surface area contributed by atoms with Crippen molar-refractivity contribution in [3.8, 4) is 0 Å². The van der Waals surface area contributed by atoms with E-state index in [0.717, 1.165) is 19.6 Å². The van der Waals surface area contributed by atoms with Gasteiger partial charge in [0.2, 0.25) is 0 Å². The Hall–Kier alpha value is -0.670. The molecule has 0 saturated carbocycles. The van der Waals surface area contributed by atoms with E-state index in [1.807, 2.05) is 6.21 Å². The van der Waals surface area contributed by atoms with Crippen LogP contribution in [0.4, 0.5) is 0 Å². The molecule has 146 valence electrons. The third-order valence-corrected chi connectivity index (χ3v) is 5.16. The molecule has 0 aromatic rings. The quantitative estimate of drug-likeness (QED) is 0.270. The van der Waals surface area contributed by atoms with Crippen molar-refractivity contribution in [3.05, 3.63) is 12.2 Å². The van der Waals surface area contributed by atoms with E-state index >= 15 is 0 Å². The Balaban J connectivity index is 1.82. The summed E-state index contributed by atoms with van der Waals surface area (Å²) in [5, 5.41) is 0. The number of rotatable bonds is 17. The molecule has 1 aliphatic heterocycles. The summed E-state index contributed by atoms with van der Waals surface area (Å²) in [5.74, 6) is 0. The molecule has 0 spiro atoms. The molecule has 0 amide bonds. The van der Waals surface area contributed by atoms with Gasteiger partial charge in [0.25, 0.3) is 0 Å². The Morgan fingerprint density at radius 2 is 1.52 bits per heavy atom. The van der Waals surface area contributed by atoms with Crippen LogP contribution in [0.1, 0.15) is 96.8 Å². The van der Waals surface area contributed by atoms with Crippen LogP contribution < -0.4 is 5.73 Å². The summed E-state index contributed by atoms with van der Waals surface area (Å²) in [6.45, 7) is 4.98. The third-order valence-electron chi connectivity index (χ3n) is 5.16. The standard InChI is InChI=1S/C22H43N3/c1-2-3-4-5-6-7-8-9-10-11-12-13-14-15-16-17-22-24-19-21-25(22)20-18-23/h13-14,19,22H,2-12,15-18,20-21,23H2,1H3/b14-13+. The van der Waals surface area contributed by atoms with Crippen molar-refractivity contribution in [1.29, 1.82) is 0 Å². The van der Waals surface area contributed by atoms with E-state index < -0.39 is 0 Å². The predicted octanol–water partition coefficient (Wildman–Crippen LogP) is 5.70. The number of hydrogen-bond donors (Lipinski definition) is 1. The monoisotopic (exact) mass is 349 g/mol. The zero-order chi connectivity index (χ0) is 18.0. The summed E-state index contributed by atoms with van der Waals surface area (Å²) in [6.07, 6.45) is 26.3. The van der Waals surface area contributed by atoms with Gasteiger partial charge in [-0.25, -0.2) is 0 Å². The van der Waals surface area contributed by atoms with Crippen molar-refractivity contribution >= 4 is 6.21 Å². The first-order valence-corrected chi connectivity index (χ1v) is 11.0. The SMILES string of the molecule is CCCCCCCCCCCC/C=C/CCCC1N=CCN1CCN. The minimum absolute atomic E-state index is 0.388. The van der Waals surface area contributed by atoms with Crippen molar-refractivity contribution in [2.45, 2.75) is 103 Å². The largest absolute Gasteiger partial charge is 0.329 e. The van der Waals surface area contributed by atoms with Crippen LogP contribution in [-0.2, 0) is 0 Å². The Labute approximate surface area is 157 Å². The van der Waals surface area contributed by atoms with E-state index in [4.69, 9.17) is 5.73 Å². The topological polar surface area (TPSA) is 41.6 Å². The van der Waals surface area contributed by atoms with Crippen LogP contribution in [0.3, 0.4) is 0 Å². The second kappa shape index (κ2) is 16.8. The smallest absolute Gasteiger partial charge is 0.102 e. The first-order chi connectivity index (χ1) is 12.4. The highest BCUT2D eigenvalue weighted by Gasteiger charge is 2.18. The maximum atomic E-state index is 5.65. The lowest BCUT2D eigenvalue weighted by atomic mass is 10.1. The maximum Gasteiger partial charge on any atom is 0.102 e. The number of nitrogens with two attached hydrogens (primary N) is 1. The predicted molar refractivity (Wildman–Crippen MR) is 112 cm³/mol. The number of nitrogens with zero attached hydrogens (tertiary/aromatic N) is 2. The van der Waals surface area contributed by atoms with E-state index in [-0.39, 0.29) is 0 Å². The number of aliphatic imine (C=N–C) groups is 1. The van der Waals surface area contributed by atoms with E-state index in [0.29, 0.717) is 6.17 Å². The average Bonchev–Trinajstić information content (AvgIpc) is 3.06. The van der Waals surface area contributed by atoms with Crippen LogP contribution >= 0.6 is 0 Å². The molecule has 1 rings (SSSR count). The van der Waals surface area contributed by atoms with Crippen LogP contribution in [0.25, 0.3) is 0 Å².